The molecule has 3 atom stereocenters. The van der Waals surface area contributed by atoms with Crippen LogP contribution in [0.3, 0.4) is 0 Å². The number of nitrogens with one attached hydrogen (secondary N) is 1. The van der Waals surface area contributed by atoms with Crippen molar-refractivity contribution in [3.05, 3.63) is 42.5 Å². The van der Waals surface area contributed by atoms with Crippen LogP contribution < -0.4 is 0 Å². The number of alkyl halides is 3. The van der Waals surface area contributed by atoms with E-state index in [1.807, 2.05) is 42.5 Å². The molecule has 0 spiro atoms. The fourth-order valence-electron chi connectivity index (χ4n) is 2.28. The summed E-state index contributed by atoms with van der Waals surface area (Å²) in [4.78, 5) is 1.10. The van der Waals surface area contributed by atoms with E-state index in [-0.39, 0.29) is 10.5 Å². The average Bonchev–Trinajstić information content (AvgIpc) is 2.60. The monoisotopic (exact) mass is 495 g/mol. The van der Waals surface area contributed by atoms with E-state index in [0.29, 0.717) is 6.61 Å². The van der Waals surface area contributed by atoms with E-state index < -0.39 is 30.2 Å². The molecule has 1 aliphatic rings. The standard InChI is InChI=1S/C20H28Cl3NO3SSi/c1-19(2,3)29(4,5)25-13-16-15(27-18(24)20(21,22)23)11-12-17(26-16)28-14-9-7-6-8-10-14/h6-12,15-17,24H,13H2,1-5H3/t15-,16-,17-/m1/s1. The zero-order valence-electron chi connectivity index (χ0n) is 17.2. The minimum atomic E-state index is -1.99. The largest absolute Gasteiger partial charge is 0.468 e. The maximum absolute atomic E-state index is 7.91. The van der Waals surface area contributed by atoms with Gasteiger partial charge in [-0.2, -0.15) is 0 Å². The summed E-state index contributed by atoms with van der Waals surface area (Å²) in [6.07, 6.45) is 2.75. The summed E-state index contributed by atoms with van der Waals surface area (Å²) in [5.41, 5.74) is -0.202. The van der Waals surface area contributed by atoms with Crippen molar-refractivity contribution in [3.63, 3.8) is 0 Å². The number of hydrogen-bond donors (Lipinski definition) is 1. The van der Waals surface area contributed by atoms with Gasteiger partial charge in [-0.25, -0.2) is 0 Å². The van der Waals surface area contributed by atoms with E-state index in [0.717, 1.165) is 4.90 Å². The van der Waals surface area contributed by atoms with Crippen molar-refractivity contribution in [2.24, 2.45) is 0 Å². The van der Waals surface area contributed by atoms with Crippen molar-refractivity contribution in [3.8, 4) is 0 Å². The Hall–Kier alpha value is -0.213. The number of benzene rings is 1. The maximum atomic E-state index is 7.91. The Labute approximate surface area is 193 Å². The SMILES string of the molecule is CC(C)(C)[Si](C)(C)OC[C@H]1O[C@H](Sc2ccccc2)C=C[C@H]1OC(=N)C(Cl)(Cl)Cl. The lowest BCUT2D eigenvalue weighted by atomic mass is 10.1. The van der Waals surface area contributed by atoms with Gasteiger partial charge < -0.3 is 13.9 Å². The lowest BCUT2D eigenvalue weighted by molar-refractivity contribution is -0.0475. The molecule has 2 rings (SSSR count). The molecule has 0 fully saturated rings. The zero-order valence-corrected chi connectivity index (χ0v) is 21.3. The summed E-state index contributed by atoms with van der Waals surface area (Å²) in [6.45, 7) is 11.2. The minimum absolute atomic E-state index is 0.0658. The highest BCUT2D eigenvalue weighted by atomic mass is 35.6. The van der Waals surface area contributed by atoms with Crippen LogP contribution in [0.4, 0.5) is 0 Å². The predicted octanol–water partition coefficient (Wildman–Crippen LogP) is 6.81. The van der Waals surface area contributed by atoms with Crippen molar-refractivity contribution in [1.82, 2.24) is 0 Å². The second kappa shape index (κ2) is 9.94. The van der Waals surface area contributed by atoms with Crippen molar-refractivity contribution in [2.75, 3.05) is 6.61 Å². The lowest BCUT2D eigenvalue weighted by Crippen LogP contribution is -2.47. The first kappa shape index (κ1) is 25.1. The molecule has 1 aromatic rings. The highest BCUT2D eigenvalue weighted by molar-refractivity contribution is 8.00. The highest BCUT2D eigenvalue weighted by Crippen LogP contribution is 2.38. The molecule has 0 saturated heterocycles. The highest BCUT2D eigenvalue weighted by Gasteiger charge is 2.40. The molecular formula is C20H28Cl3NO3SSi. The topological polar surface area (TPSA) is 51.5 Å². The van der Waals surface area contributed by atoms with E-state index in [2.05, 4.69) is 33.9 Å². The molecule has 9 heteroatoms. The van der Waals surface area contributed by atoms with Crippen molar-refractivity contribution in [2.45, 2.75) is 65.2 Å². The molecule has 1 aromatic carbocycles. The molecule has 29 heavy (non-hydrogen) atoms. The Morgan fingerprint density at radius 2 is 1.76 bits per heavy atom. The summed E-state index contributed by atoms with van der Waals surface area (Å²) >= 11 is 18.9. The normalized spacial score (nSPS) is 23.1. The van der Waals surface area contributed by atoms with Crippen molar-refractivity contribution >= 4 is 60.8 Å². The van der Waals surface area contributed by atoms with Crippen LogP contribution in [0.25, 0.3) is 0 Å². The van der Waals surface area contributed by atoms with Crippen LogP contribution >= 0.6 is 46.6 Å². The van der Waals surface area contributed by atoms with Gasteiger partial charge in [0.05, 0.1) is 6.61 Å². The van der Waals surface area contributed by atoms with Gasteiger partial charge in [-0.15, -0.1) is 0 Å². The maximum Gasteiger partial charge on any atom is 0.265 e. The number of hydrogen-bond acceptors (Lipinski definition) is 5. The van der Waals surface area contributed by atoms with Crippen LogP contribution in [-0.4, -0.2) is 42.3 Å². The van der Waals surface area contributed by atoms with E-state index in [4.69, 9.17) is 54.1 Å². The van der Waals surface area contributed by atoms with Gasteiger partial charge in [0.1, 0.15) is 17.6 Å². The Bertz CT molecular complexity index is 720. The van der Waals surface area contributed by atoms with Crippen LogP contribution in [-0.2, 0) is 13.9 Å². The number of rotatable bonds is 6. The fraction of sp³-hybridized carbons (Fsp3) is 0.550. The first-order valence-corrected chi connectivity index (χ1v) is 14.2. The van der Waals surface area contributed by atoms with E-state index >= 15 is 0 Å². The van der Waals surface area contributed by atoms with E-state index in [1.54, 1.807) is 11.8 Å². The summed E-state index contributed by atoms with van der Waals surface area (Å²) in [6, 6.07) is 10.0. The molecule has 0 saturated carbocycles. The quantitative estimate of drug-likeness (QED) is 0.154. The molecule has 1 N–H and O–H groups in total. The smallest absolute Gasteiger partial charge is 0.265 e. The second-order valence-electron chi connectivity index (χ2n) is 8.34. The minimum Gasteiger partial charge on any atom is -0.468 e. The lowest BCUT2D eigenvalue weighted by Gasteiger charge is -2.39. The molecule has 0 amide bonds. The predicted molar refractivity (Wildman–Crippen MR) is 126 cm³/mol. The van der Waals surface area contributed by atoms with Gasteiger partial charge >= 0.3 is 0 Å². The fourth-order valence-corrected chi connectivity index (χ4v) is 4.38. The molecule has 1 aliphatic heterocycles. The molecule has 0 radical (unpaired) electrons. The number of thioether (sulfide) groups is 1. The zero-order chi connectivity index (χ0) is 21.9. The third-order valence-corrected chi connectivity index (χ3v) is 11.1. The summed E-state index contributed by atoms with van der Waals surface area (Å²) in [5, 5.41) is 7.97. The Balaban J connectivity index is 2.14. The Morgan fingerprint density at radius 1 is 1.14 bits per heavy atom. The Morgan fingerprint density at radius 3 is 2.31 bits per heavy atom. The molecule has 0 unspecified atom stereocenters. The van der Waals surface area contributed by atoms with E-state index in [1.165, 1.54) is 0 Å². The van der Waals surface area contributed by atoms with Gasteiger partial charge in [0.2, 0.25) is 5.90 Å². The van der Waals surface area contributed by atoms with E-state index in [9.17, 15) is 0 Å². The Kier molecular flexibility index (Phi) is 8.59. The summed E-state index contributed by atoms with van der Waals surface area (Å²) in [7, 11) is -1.99. The van der Waals surface area contributed by atoms with Crippen molar-refractivity contribution in [1.29, 1.82) is 5.41 Å². The van der Waals surface area contributed by atoms with Crippen LogP contribution in [0.5, 0.6) is 0 Å². The van der Waals surface area contributed by atoms with Gasteiger partial charge in [0.25, 0.3) is 3.79 Å². The van der Waals surface area contributed by atoms with Crippen LogP contribution in [0, 0.1) is 5.41 Å². The van der Waals surface area contributed by atoms with Gasteiger partial charge in [-0.1, -0.05) is 85.5 Å². The van der Waals surface area contributed by atoms with Crippen LogP contribution in [0.1, 0.15) is 20.8 Å². The second-order valence-corrected chi connectivity index (χ2v) is 16.6. The number of halogens is 3. The number of ether oxygens (including phenoxy) is 2. The third-order valence-electron chi connectivity index (χ3n) is 5.05. The summed E-state index contributed by atoms with van der Waals surface area (Å²) < 4.78 is 16.3. The average molecular weight is 497 g/mol. The van der Waals surface area contributed by atoms with Gasteiger partial charge in [-0.05, 0) is 42.4 Å². The molecule has 4 nitrogen and oxygen atoms in total. The van der Waals surface area contributed by atoms with Gasteiger partial charge in [0, 0.05) is 4.90 Å². The first-order valence-electron chi connectivity index (χ1n) is 9.31. The van der Waals surface area contributed by atoms with Crippen LogP contribution in [0.15, 0.2) is 47.4 Å². The third kappa shape index (κ3) is 7.45. The molecule has 0 aromatic heterocycles. The van der Waals surface area contributed by atoms with Crippen LogP contribution in [0.2, 0.25) is 18.1 Å². The molecular weight excluding hydrogens is 469 g/mol. The van der Waals surface area contributed by atoms with Gasteiger partial charge in [0.15, 0.2) is 8.32 Å². The molecule has 1 heterocycles. The molecule has 162 valence electrons. The molecule has 0 bridgehead atoms. The van der Waals surface area contributed by atoms with Gasteiger partial charge in [-0.3, -0.25) is 5.41 Å². The first-order chi connectivity index (χ1) is 13.3. The van der Waals surface area contributed by atoms with Crippen molar-refractivity contribution < 1.29 is 13.9 Å². The molecule has 0 aliphatic carbocycles. The summed E-state index contributed by atoms with van der Waals surface area (Å²) in [5.74, 6) is -0.438.